The predicted octanol–water partition coefficient (Wildman–Crippen LogP) is 2.99. The lowest BCUT2D eigenvalue weighted by molar-refractivity contribution is 0.0152. The molecule has 3 rings (SSSR count). The fraction of sp³-hybridized carbons (Fsp3) is 0.571. The topological polar surface area (TPSA) is 12.5 Å². The molecule has 1 fully saturated rings. The summed E-state index contributed by atoms with van der Waals surface area (Å²) < 4.78 is 6.00. The molecule has 1 aromatic rings. The van der Waals surface area contributed by atoms with E-state index in [1.54, 1.807) is 0 Å². The first-order valence-corrected chi connectivity index (χ1v) is 6.27. The van der Waals surface area contributed by atoms with Crippen LogP contribution in [0.1, 0.15) is 38.3 Å². The highest BCUT2D eigenvalue weighted by atomic mass is 16.5. The molecule has 2 atom stereocenters. The van der Waals surface area contributed by atoms with Crippen molar-refractivity contribution in [2.45, 2.75) is 44.9 Å². The summed E-state index contributed by atoms with van der Waals surface area (Å²) in [5, 5.41) is 0. The van der Waals surface area contributed by atoms with Crippen molar-refractivity contribution < 1.29 is 4.74 Å². The molecule has 1 aromatic carbocycles. The molecular weight excluding hydrogens is 198 g/mol. The molecule has 2 heterocycles. The molecule has 2 aliphatic rings. The Hall–Kier alpha value is -1.02. The van der Waals surface area contributed by atoms with E-state index in [1.807, 2.05) is 0 Å². The molecule has 0 aliphatic carbocycles. The predicted molar refractivity (Wildman–Crippen MR) is 64.7 cm³/mol. The van der Waals surface area contributed by atoms with Gasteiger partial charge in [-0.2, -0.15) is 0 Å². The summed E-state index contributed by atoms with van der Waals surface area (Å²) in [6, 6.07) is 9.71. The summed E-state index contributed by atoms with van der Waals surface area (Å²) in [6.07, 6.45) is 2.77. The van der Waals surface area contributed by atoms with Gasteiger partial charge >= 0.3 is 0 Å². The zero-order valence-electron chi connectivity index (χ0n) is 10.0. The van der Waals surface area contributed by atoms with Crippen LogP contribution in [0.4, 0.5) is 0 Å². The summed E-state index contributed by atoms with van der Waals surface area (Å²) in [7, 11) is 0. The van der Waals surface area contributed by atoms with Gasteiger partial charge < -0.3 is 4.74 Å². The van der Waals surface area contributed by atoms with Gasteiger partial charge in [0.25, 0.3) is 0 Å². The minimum Gasteiger partial charge on any atom is -0.490 e. The molecule has 2 aliphatic heterocycles. The van der Waals surface area contributed by atoms with Crippen LogP contribution < -0.4 is 4.74 Å². The first-order valence-electron chi connectivity index (χ1n) is 6.27. The Morgan fingerprint density at radius 2 is 2.12 bits per heavy atom. The van der Waals surface area contributed by atoms with Gasteiger partial charge in [-0.1, -0.05) is 18.2 Å². The van der Waals surface area contributed by atoms with Crippen LogP contribution in [0.5, 0.6) is 5.75 Å². The van der Waals surface area contributed by atoms with E-state index in [9.17, 15) is 0 Å². The Kier molecular flexibility index (Phi) is 2.40. The standard InChI is InChI=1S/C14H19NO/c1-10(2)15-8-7-11-9-13(15)12-5-3-4-6-14(12)16-11/h3-6,10-11,13H,7-9H2,1-2H3/t11-,13+/m0/s1. The number of hydrogen-bond acceptors (Lipinski definition) is 2. The molecule has 0 aromatic heterocycles. The van der Waals surface area contributed by atoms with E-state index >= 15 is 0 Å². The average Bonchev–Trinajstić information content (AvgIpc) is 2.29. The highest BCUT2D eigenvalue weighted by Crippen LogP contribution is 2.42. The second kappa shape index (κ2) is 3.77. The van der Waals surface area contributed by atoms with Crippen LogP contribution in [0.2, 0.25) is 0 Å². The van der Waals surface area contributed by atoms with Crippen molar-refractivity contribution >= 4 is 0 Å². The zero-order valence-corrected chi connectivity index (χ0v) is 10.0. The van der Waals surface area contributed by atoms with E-state index in [0.29, 0.717) is 18.2 Å². The number of likely N-dealkylation sites (tertiary alicyclic amines) is 1. The molecule has 2 bridgehead atoms. The third-order valence-electron chi connectivity index (χ3n) is 3.83. The van der Waals surface area contributed by atoms with Gasteiger partial charge in [0.2, 0.25) is 0 Å². The zero-order chi connectivity index (χ0) is 11.1. The fourth-order valence-corrected chi connectivity index (χ4v) is 3.02. The Morgan fingerprint density at radius 1 is 1.31 bits per heavy atom. The van der Waals surface area contributed by atoms with E-state index in [2.05, 4.69) is 43.0 Å². The highest BCUT2D eigenvalue weighted by Gasteiger charge is 2.37. The second-order valence-corrected chi connectivity index (χ2v) is 5.15. The Morgan fingerprint density at radius 3 is 2.94 bits per heavy atom. The number of piperidine rings is 1. The molecule has 0 spiro atoms. The molecular formula is C14H19NO. The second-order valence-electron chi connectivity index (χ2n) is 5.15. The quantitative estimate of drug-likeness (QED) is 0.717. The third-order valence-corrected chi connectivity index (χ3v) is 3.83. The normalized spacial score (nSPS) is 28.7. The van der Waals surface area contributed by atoms with Gasteiger partial charge in [0.1, 0.15) is 11.9 Å². The molecule has 0 saturated carbocycles. The number of fused-ring (bicyclic) bond motifs is 4. The molecule has 0 amide bonds. The van der Waals surface area contributed by atoms with Crippen molar-refractivity contribution in [3.05, 3.63) is 29.8 Å². The van der Waals surface area contributed by atoms with E-state index in [4.69, 9.17) is 4.74 Å². The molecule has 0 N–H and O–H groups in total. The van der Waals surface area contributed by atoms with Crippen molar-refractivity contribution in [2.24, 2.45) is 0 Å². The van der Waals surface area contributed by atoms with Crippen LogP contribution in [0.15, 0.2) is 24.3 Å². The maximum atomic E-state index is 6.00. The van der Waals surface area contributed by atoms with Crippen molar-refractivity contribution in [3.8, 4) is 5.75 Å². The van der Waals surface area contributed by atoms with E-state index in [-0.39, 0.29) is 0 Å². The van der Waals surface area contributed by atoms with Gasteiger partial charge in [0.05, 0.1) is 0 Å². The molecule has 1 saturated heterocycles. The third kappa shape index (κ3) is 1.52. The van der Waals surface area contributed by atoms with Crippen molar-refractivity contribution in [1.29, 1.82) is 0 Å². The van der Waals surface area contributed by atoms with Gasteiger partial charge in [0.15, 0.2) is 0 Å². The molecule has 2 nitrogen and oxygen atoms in total. The molecule has 0 radical (unpaired) electrons. The Balaban J connectivity index is 2.00. The smallest absolute Gasteiger partial charge is 0.124 e. The van der Waals surface area contributed by atoms with Crippen LogP contribution in [0.25, 0.3) is 0 Å². The number of ether oxygens (including phenoxy) is 1. The summed E-state index contributed by atoms with van der Waals surface area (Å²) in [6.45, 7) is 5.75. The van der Waals surface area contributed by atoms with Crippen molar-refractivity contribution in [3.63, 3.8) is 0 Å². The monoisotopic (exact) mass is 217 g/mol. The van der Waals surface area contributed by atoms with Gasteiger partial charge in [-0.15, -0.1) is 0 Å². The minimum absolute atomic E-state index is 0.440. The summed E-state index contributed by atoms with van der Waals surface area (Å²) in [5.41, 5.74) is 1.38. The van der Waals surface area contributed by atoms with Crippen molar-refractivity contribution in [2.75, 3.05) is 6.54 Å². The first kappa shape index (κ1) is 10.2. The minimum atomic E-state index is 0.440. The Labute approximate surface area is 97.2 Å². The van der Waals surface area contributed by atoms with Gasteiger partial charge in [-0.05, 0) is 26.3 Å². The van der Waals surface area contributed by atoms with Crippen LogP contribution in [-0.4, -0.2) is 23.6 Å². The van der Waals surface area contributed by atoms with Crippen LogP contribution >= 0.6 is 0 Å². The molecule has 2 heteroatoms. The summed E-state index contributed by atoms with van der Waals surface area (Å²) in [5.74, 6) is 1.11. The first-order chi connectivity index (χ1) is 7.75. The average molecular weight is 217 g/mol. The van der Waals surface area contributed by atoms with Gasteiger partial charge in [0, 0.05) is 30.6 Å². The summed E-state index contributed by atoms with van der Waals surface area (Å²) >= 11 is 0. The number of rotatable bonds is 1. The number of benzene rings is 1. The number of nitrogens with zero attached hydrogens (tertiary/aromatic N) is 1. The lowest BCUT2D eigenvalue weighted by Crippen LogP contribution is -2.46. The van der Waals surface area contributed by atoms with Crippen LogP contribution in [0.3, 0.4) is 0 Å². The maximum Gasteiger partial charge on any atom is 0.124 e. The van der Waals surface area contributed by atoms with Crippen LogP contribution in [-0.2, 0) is 0 Å². The molecule has 16 heavy (non-hydrogen) atoms. The van der Waals surface area contributed by atoms with Crippen LogP contribution in [0, 0.1) is 0 Å². The van der Waals surface area contributed by atoms with Gasteiger partial charge in [-0.25, -0.2) is 0 Å². The fourth-order valence-electron chi connectivity index (χ4n) is 3.02. The number of para-hydroxylation sites is 1. The molecule has 86 valence electrons. The van der Waals surface area contributed by atoms with Crippen molar-refractivity contribution in [1.82, 2.24) is 4.90 Å². The lowest BCUT2D eigenvalue weighted by Gasteiger charge is -2.45. The SMILES string of the molecule is CC(C)N1CC[C@H]2C[C@@H]1c1ccccc1O2. The largest absolute Gasteiger partial charge is 0.490 e. The highest BCUT2D eigenvalue weighted by molar-refractivity contribution is 5.38. The molecule has 0 unspecified atom stereocenters. The van der Waals surface area contributed by atoms with E-state index < -0.39 is 0 Å². The summed E-state index contributed by atoms with van der Waals surface area (Å²) in [4.78, 5) is 2.61. The lowest BCUT2D eigenvalue weighted by atomic mass is 9.89. The maximum absolute atomic E-state index is 6.00. The van der Waals surface area contributed by atoms with E-state index in [0.717, 1.165) is 12.2 Å². The Bertz CT molecular complexity index is 388. The van der Waals surface area contributed by atoms with Gasteiger partial charge in [-0.3, -0.25) is 4.90 Å². The van der Waals surface area contributed by atoms with E-state index in [1.165, 1.54) is 18.5 Å². The number of hydrogen-bond donors (Lipinski definition) is 0.